The molecule has 112 valence electrons. The molecule has 1 aliphatic heterocycles. The predicted octanol–water partition coefficient (Wildman–Crippen LogP) is 3.74. The van der Waals surface area contributed by atoms with Gasteiger partial charge in [0.2, 0.25) is 0 Å². The van der Waals surface area contributed by atoms with Crippen LogP contribution in [0.15, 0.2) is 18.2 Å². The Morgan fingerprint density at radius 3 is 2.85 bits per heavy atom. The maximum atomic E-state index is 5.62. The van der Waals surface area contributed by atoms with Gasteiger partial charge < -0.3 is 15.0 Å². The van der Waals surface area contributed by atoms with E-state index < -0.39 is 0 Å². The summed E-state index contributed by atoms with van der Waals surface area (Å²) in [5.74, 6) is 0.998. The first kappa shape index (κ1) is 15.2. The van der Waals surface area contributed by atoms with Gasteiger partial charge in [0, 0.05) is 29.9 Å². The van der Waals surface area contributed by atoms with Crippen molar-refractivity contribution in [2.75, 3.05) is 25.1 Å². The minimum absolute atomic E-state index is 0.309. The number of hydrogen-bond acceptors (Lipinski definition) is 3. The van der Waals surface area contributed by atoms with Gasteiger partial charge in [-0.3, -0.25) is 0 Å². The molecule has 0 aliphatic carbocycles. The summed E-state index contributed by atoms with van der Waals surface area (Å²) in [6, 6.07) is 7.42. The molecule has 1 aromatic carbocycles. The van der Waals surface area contributed by atoms with E-state index in [1.165, 1.54) is 30.5 Å². The molecule has 1 fully saturated rings. The Balaban J connectivity index is 2.41. The summed E-state index contributed by atoms with van der Waals surface area (Å²) in [5, 5.41) is 3.53. The van der Waals surface area contributed by atoms with Gasteiger partial charge in [-0.15, -0.1) is 0 Å². The first-order valence-corrected chi connectivity index (χ1v) is 7.89. The normalized spacial score (nSPS) is 20.2. The number of benzene rings is 1. The number of nitrogens with zero attached hydrogens (tertiary/aromatic N) is 1. The van der Waals surface area contributed by atoms with E-state index >= 15 is 0 Å². The van der Waals surface area contributed by atoms with E-state index in [2.05, 4.69) is 49.2 Å². The quantitative estimate of drug-likeness (QED) is 0.856. The molecule has 3 nitrogen and oxygen atoms in total. The van der Waals surface area contributed by atoms with Crippen molar-refractivity contribution < 1.29 is 4.74 Å². The summed E-state index contributed by atoms with van der Waals surface area (Å²) < 4.78 is 5.62. The van der Waals surface area contributed by atoms with Crippen LogP contribution in [0.25, 0.3) is 0 Å². The van der Waals surface area contributed by atoms with Gasteiger partial charge in [0.1, 0.15) is 5.75 Å². The summed E-state index contributed by atoms with van der Waals surface area (Å²) in [5.41, 5.74) is 2.65. The maximum absolute atomic E-state index is 5.62. The molecule has 3 heteroatoms. The Bertz CT molecular complexity index is 433. The van der Waals surface area contributed by atoms with Gasteiger partial charge in [0.15, 0.2) is 0 Å². The lowest BCUT2D eigenvalue weighted by Gasteiger charge is -2.31. The number of ether oxygens (including phenoxy) is 1. The third-order valence-corrected chi connectivity index (χ3v) is 4.36. The molecule has 1 aliphatic rings. The van der Waals surface area contributed by atoms with Crippen LogP contribution in [0.3, 0.4) is 0 Å². The molecule has 0 saturated carbocycles. The standard InChI is InChI=1S/C17H28N2O/c1-5-14-9-8-12-19(14)15-10-7-11-16(20-4)17(15)13(3)18-6-2/h7,10-11,13-14,18H,5-6,8-9,12H2,1-4H3. The van der Waals surface area contributed by atoms with E-state index in [0.29, 0.717) is 12.1 Å². The summed E-state index contributed by atoms with van der Waals surface area (Å²) in [6.45, 7) is 8.79. The second kappa shape index (κ2) is 6.98. The highest BCUT2D eigenvalue weighted by molar-refractivity contribution is 5.62. The molecule has 1 saturated heterocycles. The highest BCUT2D eigenvalue weighted by Crippen LogP contribution is 2.38. The minimum atomic E-state index is 0.309. The fraction of sp³-hybridized carbons (Fsp3) is 0.647. The van der Waals surface area contributed by atoms with Crippen molar-refractivity contribution in [3.05, 3.63) is 23.8 Å². The molecule has 1 N–H and O–H groups in total. The van der Waals surface area contributed by atoms with E-state index in [1.807, 2.05) is 0 Å². The maximum Gasteiger partial charge on any atom is 0.125 e. The molecular weight excluding hydrogens is 248 g/mol. The van der Waals surface area contributed by atoms with Crippen molar-refractivity contribution in [3.63, 3.8) is 0 Å². The average Bonchev–Trinajstić information content (AvgIpc) is 2.94. The topological polar surface area (TPSA) is 24.5 Å². The van der Waals surface area contributed by atoms with Crippen LogP contribution in [0.5, 0.6) is 5.75 Å². The number of nitrogens with one attached hydrogen (secondary N) is 1. The minimum Gasteiger partial charge on any atom is -0.496 e. The number of methoxy groups -OCH3 is 1. The number of hydrogen-bond donors (Lipinski definition) is 1. The SMILES string of the molecule is CCNC(C)c1c(OC)cccc1N1CCCC1CC. The van der Waals surface area contributed by atoms with Gasteiger partial charge >= 0.3 is 0 Å². The average molecular weight is 276 g/mol. The zero-order valence-electron chi connectivity index (χ0n) is 13.3. The zero-order valence-corrected chi connectivity index (χ0v) is 13.3. The molecule has 0 bridgehead atoms. The molecule has 0 aromatic heterocycles. The lowest BCUT2D eigenvalue weighted by molar-refractivity contribution is 0.402. The van der Waals surface area contributed by atoms with Gasteiger partial charge in [0.25, 0.3) is 0 Å². The molecule has 1 heterocycles. The molecule has 2 atom stereocenters. The van der Waals surface area contributed by atoms with E-state index in [4.69, 9.17) is 4.74 Å². The first-order valence-electron chi connectivity index (χ1n) is 7.89. The molecule has 2 unspecified atom stereocenters. The third kappa shape index (κ3) is 2.93. The van der Waals surface area contributed by atoms with Crippen molar-refractivity contribution in [2.45, 2.75) is 52.1 Å². The lowest BCUT2D eigenvalue weighted by atomic mass is 10.0. The van der Waals surface area contributed by atoms with Gasteiger partial charge in [-0.2, -0.15) is 0 Å². The van der Waals surface area contributed by atoms with Crippen LogP contribution >= 0.6 is 0 Å². The molecule has 2 rings (SSSR count). The highest BCUT2D eigenvalue weighted by Gasteiger charge is 2.27. The van der Waals surface area contributed by atoms with Crippen molar-refractivity contribution in [2.24, 2.45) is 0 Å². The summed E-state index contributed by atoms with van der Waals surface area (Å²) in [7, 11) is 1.77. The van der Waals surface area contributed by atoms with Crippen LogP contribution in [0.2, 0.25) is 0 Å². The van der Waals surface area contributed by atoms with Gasteiger partial charge in [0.05, 0.1) is 7.11 Å². The molecule has 0 spiro atoms. The van der Waals surface area contributed by atoms with E-state index in [0.717, 1.165) is 18.8 Å². The van der Waals surface area contributed by atoms with E-state index in [-0.39, 0.29) is 0 Å². The van der Waals surface area contributed by atoms with Gasteiger partial charge in [-0.1, -0.05) is 19.9 Å². The number of rotatable bonds is 6. The fourth-order valence-electron chi connectivity index (χ4n) is 3.38. The third-order valence-electron chi connectivity index (χ3n) is 4.36. The summed E-state index contributed by atoms with van der Waals surface area (Å²) >= 11 is 0. The van der Waals surface area contributed by atoms with Crippen molar-refractivity contribution in [3.8, 4) is 5.75 Å². The molecular formula is C17H28N2O. The van der Waals surface area contributed by atoms with Crippen LogP contribution in [0, 0.1) is 0 Å². The second-order valence-corrected chi connectivity index (χ2v) is 5.57. The number of anilines is 1. The van der Waals surface area contributed by atoms with Crippen LogP contribution in [0.4, 0.5) is 5.69 Å². The second-order valence-electron chi connectivity index (χ2n) is 5.57. The van der Waals surface area contributed by atoms with Crippen LogP contribution in [-0.4, -0.2) is 26.2 Å². The smallest absolute Gasteiger partial charge is 0.125 e. The summed E-state index contributed by atoms with van der Waals surface area (Å²) in [6.07, 6.45) is 3.82. The molecule has 0 radical (unpaired) electrons. The summed E-state index contributed by atoms with van der Waals surface area (Å²) in [4.78, 5) is 2.58. The van der Waals surface area contributed by atoms with Crippen molar-refractivity contribution in [1.29, 1.82) is 0 Å². The Morgan fingerprint density at radius 2 is 2.20 bits per heavy atom. The van der Waals surface area contributed by atoms with E-state index in [1.54, 1.807) is 7.11 Å². The molecule has 0 amide bonds. The Kier molecular flexibility index (Phi) is 5.30. The zero-order chi connectivity index (χ0) is 14.5. The fourth-order valence-corrected chi connectivity index (χ4v) is 3.38. The first-order chi connectivity index (χ1) is 9.72. The largest absolute Gasteiger partial charge is 0.496 e. The monoisotopic (exact) mass is 276 g/mol. The Morgan fingerprint density at radius 1 is 1.40 bits per heavy atom. The van der Waals surface area contributed by atoms with Crippen molar-refractivity contribution >= 4 is 5.69 Å². The van der Waals surface area contributed by atoms with Crippen molar-refractivity contribution in [1.82, 2.24) is 5.32 Å². The predicted molar refractivity (Wildman–Crippen MR) is 85.7 cm³/mol. The van der Waals surface area contributed by atoms with E-state index in [9.17, 15) is 0 Å². The highest BCUT2D eigenvalue weighted by atomic mass is 16.5. The van der Waals surface area contributed by atoms with Gasteiger partial charge in [-0.25, -0.2) is 0 Å². The Labute approximate surface area is 123 Å². The molecule has 20 heavy (non-hydrogen) atoms. The lowest BCUT2D eigenvalue weighted by Crippen LogP contribution is -2.31. The molecule has 1 aromatic rings. The van der Waals surface area contributed by atoms with Crippen LogP contribution < -0.4 is 15.0 Å². The van der Waals surface area contributed by atoms with Gasteiger partial charge in [-0.05, 0) is 44.9 Å². The van der Waals surface area contributed by atoms with Crippen LogP contribution in [0.1, 0.15) is 51.6 Å². The Hall–Kier alpha value is -1.22. The van der Waals surface area contributed by atoms with Crippen LogP contribution in [-0.2, 0) is 0 Å².